The number of hydrogen-bond donors (Lipinski definition) is 2. The molecular formula is C13H19ClN2O. The van der Waals surface area contributed by atoms with E-state index in [4.69, 9.17) is 22.4 Å². The zero-order chi connectivity index (χ0) is 12.3. The Labute approximate surface area is 107 Å². The summed E-state index contributed by atoms with van der Waals surface area (Å²) in [6, 6.07) is 6.07. The van der Waals surface area contributed by atoms with Crippen LogP contribution in [0.4, 0.5) is 5.69 Å². The van der Waals surface area contributed by atoms with E-state index < -0.39 is 0 Å². The molecule has 4 heteroatoms. The number of aliphatic hydroxyl groups excluding tert-OH is 1. The molecule has 1 aromatic carbocycles. The number of nitrogens with zero attached hydrogens (tertiary/aromatic N) is 1. The highest BCUT2D eigenvalue weighted by Gasteiger charge is 2.22. The number of nitrogens with two attached hydrogens (primary N) is 1. The molecular weight excluding hydrogens is 236 g/mol. The molecule has 1 fully saturated rings. The van der Waals surface area contributed by atoms with Crippen molar-refractivity contribution in [2.24, 2.45) is 11.7 Å². The van der Waals surface area contributed by atoms with Crippen LogP contribution in [-0.2, 0) is 6.54 Å². The van der Waals surface area contributed by atoms with Gasteiger partial charge in [-0.1, -0.05) is 17.7 Å². The summed E-state index contributed by atoms with van der Waals surface area (Å²) < 4.78 is 0. The average molecular weight is 255 g/mol. The zero-order valence-corrected chi connectivity index (χ0v) is 10.7. The van der Waals surface area contributed by atoms with E-state index in [9.17, 15) is 0 Å². The summed E-state index contributed by atoms with van der Waals surface area (Å²) in [5.74, 6) is 0.605. The molecule has 0 amide bonds. The lowest BCUT2D eigenvalue weighted by atomic mass is 10.1. The minimum Gasteiger partial charge on any atom is -0.396 e. The third kappa shape index (κ3) is 2.92. The van der Waals surface area contributed by atoms with E-state index in [1.807, 2.05) is 12.1 Å². The second-order valence-corrected chi connectivity index (χ2v) is 5.00. The zero-order valence-electron chi connectivity index (χ0n) is 9.90. The van der Waals surface area contributed by atoms with Crippen LogP contribution < -0.4 is 10.6 Å². The van der Waals surface area contributed by atoms with Crippen molar-refractivity contribution >= 4 is 17.3 Å². The summed E-state index contributed by atoms with van der Waals surface area (Å²) in [5, 5.41) is 9.69. The summed E-state index contributed by atoms with van der Waals surface area (Å²) in [6.45, 7) is 2.82. The lowest BCUT2D eigenvalue weighted by Crippen LogP contribution is -2.20. The highest BCUT2D eigenvalue weighted by molar-refractivity contribution is 6.31. The average Bonchev–Trinajstić information content (AvgIpc) is 2.78. The number of benzene rings is 1. The second-order valence-electron chi connectivity index (χ2n) is 4.59. The van der Waals surface area contributed by atoms with Gasteiger partial charge in [-0.3, -0.25) is 0 Å². The van der Waals surface area contributed by atoms with Crippen LogP contribution in [0.3, 0.4) is 0 Å². The number of hydrogen-bond acceptors (Lipinski definition) is 3. The molecule has 0 saturated carbocycles. The summed E-state index contributed by atoms with van der Waals surface area (Å²) >= 11 is 6.16. The molecule has 2 rings (SSSR count). The minimum atomic E-state index is 0.283. The van der Waals surface area contributed by atoms with Gasteiger partial charge in [0.25, 0.3) is 0 Å². The third-order valence-electron chi connectivity index (χ3n) is 3.44. The molecule has 3 nitrogen and oxygen atoms in total. The van der Waals surface area contributed by atoms with E-state index in [0.717, 1.165) is 42.2 Å². The normalized spacial score (nSPS) is 19.9. The van der Waals surface area contributed by atoms with E-state index in [1.54, 1.807) is 0 Å². The molecule has 94 valence electrons. The molecule has 1 saturated heterocycles. The molecule has 0 radical (unpaired) electrons. The lowest BCUT2D eigenvalue weighted by Gasteiger charge is -2.19. The van der Waals surface area contributed by atoms with E-state index in [1.165, 1.54) is 0 Å². The molecule has 0 spiro atoms. The van der Waals surface area contributed by atoms with Crippen LogP contribution >= 0.6 is 11.6 Å². The number of anilines is 1. The first-order valence-electron chi connectivity index (χ1n) is 6.09. The smallest absolute Gasteiger partial charge is 0.0471 e. The van der Waals surface area contributed by atoms with E-state index in [0.29, 0.717) is 12.5 Å². The quantitative estimate of drug-likeness (QED) is 0.864. The van der Waals surface area contributed by atoms with Gasteiger partial charge in [0.05, 0.1) is 0 Å². The number of rotatable bonds is 4. The SMILES string of the molecule is NCc1ccc(N2CCC(CCO)C2)cc1Cl. The molecule has 1 aromatic rings. The number of aliphatic hydroxyl groups is 1. The van der Waals surface area contributed by atoms with Gasteiger partial charge in [0.15, 0.2) is 0 Å². The highest BCUT2D eigenvalue weighted by Crippen LogP contribution is 2.28. The van der Waals surface area contributed by atoms with Crippen LogP contribution in [0, 0.1) is 5.92 Å². The van der Waals surface area contributed by atoms with Crippen LogP contribution in [0.2, 0.25) is 5.02 Å². The second kappa shape index (κ2) is 5.71. The van der Waals surface area contributed by atoms with E-state index >= 15 is 0 Å². The molecule has 1 aliphatic rings. The largest absolute Gasteiger partial charge is 0.396 e. The van der Waals surface area contributed by atoms with Gasteiger partial charge in [-0.05, 0) is 36.5 Å². The Morgan fingerprint density at radius 3 is 2.94 bits per heavy atom. The van der Waals surface area contributed by atoms with Crippen LogP contribution in [0.5, 0.6) is 0 Å². The predicted octanol–water partition coefficient (Wildman–Crippen LogP) is 2.01. The van der Waals surface area contributed by atoms with Crippen molar-refractivity contribution < 1.29 is 5.11 Å². The van der Waals surface area contributed by atoms with Crippen LogP contribution in [0.15, 0.2) is 18.2 Å². The summed E-state index contributed by atoms with van der Waals surface area (Å²) in [4.78, 5) is 2.33. The van der Waals surface area contributed by atoms with Crippen molar-refractivity contribution in [3.63, 3.8) is 0 Å². The lowest BCUT2D eigenvalue weighted by molar-refractivity contribution is 0.263. The molecule has 17 heavy (non-hydrogen) atoms. The fraction of sp³-hybridized carbons (Fsp3) is 0.538. The van der Waals surface area contributed by atoms with Crippen LogP contribution in [0.25, 0.3) is 0 Å². The van der Waals surface area contributed by atoms with Gasteiger partial charge in [-0.15, -0.1) is 0 Å². The van der Waals surface area contributed by atoms with Gasteiger partial charge in [0.2, 0.25) is 0 Å². The topological polar surface area (TPSA) is 49.5 Å². The third-order valence-corrected chi connectivity index (χ3v) is 3.80. The standard InChI is InChI=1S/C13H19ClN2O/c14-13-7-12(2-1-11(13)8-15)16-5-3-10(9-16)4-6-17/h1-2,7,10,17H,3-6,8-9,15H2. The van der Waals surface area contributed by atoms with Crippen molar-refractivity contribution in [3.8, 4) is 0 Å². The Kier molecular flexibility index (Phi) is 4.26. The molecule has 0 bridgehead atoms. The van der Waals surface area contributed by atoms with Gasteiger partial charge in [0.1, 0.15) is 0 Å². The van der Waals surface area contributed by atoms with E-state index in [2.05, 4.69) is 11.0 Å². The first-order chi connectivity index (χ1) is 8.24. The molecule has 1 unspecified atom stereocenters. The monoisotopic (exact) mass is 254 g/mol. The molecule has 1 heterocycles. The fourth-order valence-corrected chi connectivity index (χ4v) is 2.64. The predicted molar refractivity (Wildman–Crippen MR) is 71.4 cm³/mol. The maximum atomic E-state index is 8.94. The Bertz CT molecular complexity index is 384. The van der Waals surface area contributed by atoms with E-state index in [-0.39, 0.29) is 6.61 Å². The van der Waals surface area contributed by atoms with Gasteiger partial charge >= 0.3 is 0 Å². The Balaban J connectivity index is 2.06. The first kappa shape index (κ1) is 12.7. The number of halogens is 1. The fourth-order valence-electron chi connectivity index (χ4n) is 2.38. The van der Waals surface area contributed by atoms with Gasteiger partial charge in [0, 0.05) is 37.0 Å². The summed E-state index contributed by atoms with van der Waals surface area (Å²) in [5.41, 5.74) is 7.74. The molecule has 1 aliphatic heterocycles. The Morgan fingerprint density at radius 2 is 2.29 bits per heavy atom. The van der Waals surface area contributed by atoms with Crippen molar-refractivity contribution in [2.45, 2.75) is 19.4 Å². The maximum Gasteiger partial charge on any atom is 0.0471 e. The van der Waals surface area contributed by atoms with Crippen LogP contribution in [-0.4, -0.2) is 24.8 Å². The van der Waals surface area contributed by atoms with Gasteiger partial charge < -0.3 is 15.7 Å². The van der Waals surface area contributed by atoms with Crippen molar-refractivity contribution in [1.82, 2.24) is 0 Å². The Morgan fingerprint density at radius 1 is 1.47 bits per heavy atom. The molecule has 3 N–H and O–H groups in total. The first-order valence-corrected chi connectivity index (χ1v) is 6.46. The summed E-state index contributed by atoms with van der Waals surface area (Å²) in [6.07, 6.45) is 2.04. The van der Waals surface area contributed by atoms with Crippen LogP contribution in [0.1, 0.15) is 18.4 Å². The molecule has 0 aliphatic carbocycles. The van der Waals surface area contributed by atoms with Crippen molar-refractivity contribution in [1.29, 1.82) is 0 Å². The van der Waals surface area contributed by atoms with Crippen molar-refractivity contribution in [3.05, 3.63) is 28.8 Å². The van der Waals surface area contributed by atoms with Crippen molar-refractivity contribution in [2.75, 3.05) is 24.6 Å². The van der Waals surface area contributed by atoms with Gasteiger partial charge in [-0.2, -0.15) is 0 Å². The minimum absolute atomic E-state index is 0.283. The van der Waals surface area contributed by atoms with Gasteiger partial charge in [-0.25, -0.2) is 0 Å². The summed E-state index contributed by atoms with van der Waals surface area (Å²) in [7, 11) is 0. The molecule has 1 atom stereocenters. The Hall–Kier alpha value is -0.770. The molecule has 0 aromatic heterocycles. The maximum absolute atomic E-state index is 8.94. The highest BCUT2D eigenvalue weighted by atomic mass is 35.5.